The average Bonchev–Trinajstić information content (AvgIpc) is 2.34. The third-order valence-corrected chi connectivity index (χ3v) is 3.43. The van der Waals surface area contributed by atoms with Crippen molar-refractivity contribution in [3.63, 3.8) is 0 Å². The van der Waals surface area contributed by atoms with Crippen LogP contribution in [0.5, 0.6) is 5.75 Å². The summed E-state index contributed by atoms with van der Waals surface area (Å²) >= 11 is 15.0. The smallest absolute Gasteiger partial charge is 0.344 e. The molecule has 0 N–H and O–H groups in total. The van der Waals surface area contributed by atoms with E-state index in [1.54, 1.807) is 30.3 Å². The minimum absolute atomic E-state index is 0.241. The molecule has 0 saturated carbocycles. The third-order valence-electron chi connectivity index (χ3n) is 2.19. The van der Waals surface area contributed by atoms with Crippen molar-refractivity contribution in [3.8, 4) is 5.75 Å². The zero-order valence-corrected chi connectivity index (χ0v) is 12.1. The quantitative estimate of drug-likeness (QED) is 0.567. The van der Waals surface area contributed by atoms with Crippen molar-refractivity contribution in [1.82, 2.24) is 0 Å². The van der Waals surface area contributed by atoms with Gasteiger partial charge in [0.15, 0.2) is 5.75 Å². The lowest BCUT2D eigenvalue weighted by molar-refractivity contribution is 0.0734. The first kappa shape index (κ1) is 13.4. The molecule has 0 aliphatic heterocycles. The summed E-state index contributed by atoms with van der Waals surface area (Å²) in [5.74, 6) is -0.253. The lowest BCUT2D eigenvalue weighted by Crippen LogP contribution is -2.09. The molecule has 0 spiro atoms. The van der Waals surface area contributed by atoms with Crippen LogP contribution in [0.1, 0.15) is 10.4 Å². The summed E-state index contributed by atoms with van der Waals surface area (Å²) in [6.07, 6.45) is 0. The Morgan fingerprint density at radius 1 is 1.11 bits per heavy atom. The van der Waals surface area contributed by atoms with Crippen LogP contribution >= 0.6 is 39.1 Å². The molecule has 0 heterocycles. The van der Waals surface area contributed by atoms with E-state index in [0.29, 0.717) is 20.1 Å². The Kier molecular flexibility index (Phi) is 4.27. The molecule has 0 radical (unpaired) electrons. The van der Waals surface area contributed by atoms with E-state index in [4.69, 9.17) is 27.9 Å². The Morgan fingerprint density at radius 3 is 2.56 bits per heavy atom. The van der Waals surface area contributed by atoms with Crippen LogP contribution in [0.2, 0.25) is 10.0 Å². The van der Waals surface area contributed by atoms with Crippen molar-refractivity contribution in [2.24, 2.45) is 0 Å². The molecular formula is C13H7BrCl2O2. The molecule has 2 aromatic carbocycles. The molecule has 18 heavy (non-hydrogen) atoms. The van der Waals surface area contributed by atoms with Gasteiger partial charge in [-0.2, -0.15) is 0 Å². The molecule has 2 aromatic rings. The van der Waals surface area contributed by atoms with Gasteiger partial charge >= 0.3 is 5.97 Å². The minimum atomic E-state index is -0.494. The average molecular weight is 346 g/mol. The first-order valence-electron chi connectivity index (χ1n) is 4.99. The van der Waals surface area contributed by atoms with Crippen molar-refractivity contribution >= 4 is 45.1 Å². The highest BCUT2D eigenvalue weighted by molar-refractivity contribution is 9.10. The normalized spacial score (nSPS) is 10.2. The van der Waals surface area contributed by atoms with Crippen molar-refractivity contribution < 1.29 is 9.53 Å². The number of esters is 1. The van der Waals surface area contributed by atoms with E-state index in [-0.39, 0.29) is 5.75 Å². The molecule has 2 rings (SSSR count). The topological polar surface area (TPSA) is 26.3 Å². The predicted octanol–water partition coefficient (Wildman–Crippen LogP) is 4.98. The van der Waals surface area contributed by atoms with Crippen LogP contribution in [-0.4, -0.2) is 5.97 Å². The van der Waals surface area contributed by atoms with Gasteiger partial charge in [0, 0.05) is 15.6 Å². The van der Waals surface area contributed by atoms with Crippen molar-refractivity contribution in [2.75, 3.05) is 0 Å². The van der Waals surface area contributed by atoms with Gasteiger partial charge in [-0.25, -0.2) is 4.79 Å². The Balaban J connectivity index is 2.27. The maximum atomic E-state index is 11.9. The molecule has 0 unspecified atom stereocenters. The van der Waals surface area contributed by atoms with Gasteiger partial charge in [0.25, 0.3) is 0 Å². The number of carbonyl (C=O) groups is 1. The second kappa shape index (κ2) is 5.74. The molecule has 2 nitrogen and oxygen atoms in total. The number of halogens is 3. The van der Waals surface area contributed by atoms with Crippen LogP contribution in [0.4, 0.5) is 0 Å². The van der Waals surface area contributed by atoms with Gasteiger partial charge in [0.2, 0.25) is 0 Å². The molecule has 5 heteroatoms. The van der Waals surface area contributed by atoms with E-state index in [1.165, 1.54) is 6.07 Å². The number of rotatable bonds is 2. The summed E-state index contributed by atoms with van der Waals surface area (Å²) < 4.78 is 5.87. The summed E-state index contributed by atoms with van der Waals surface area (Å²) in [6.45, 7) is 0. The standard InChI is InChI=1S/C13H7BrCl2O2/c14-10-4-2-1-3-9(10)13(17)18-12-7-8(15)5-6-11(12)16/h1-7H. The van der Waals surface area contributed by atoms with E-state index in [0.717, 1.165) is 0 Å². The number of hydrogen-bond acceptors (Lipinski definition) is 2. The fourth-order valence-corrected chi connectivity index (χ4v) is 2.10. The fraction of sp³-hybridized carbons (Fsp3) is 0. The first-order valence-corrected chi connectivity index (χ1v) is 6.54. The maximum absolute atomic E-state index is 11.9. The molecule has 92 valence electrons. The molecule has 0 atom stereocenters. The van der Waals surface area contributed by atoms with Gasteiger partial charge in [0.05, 0.1) is 10.6 Å². The van der Waals surface area contributed by atoms with Crippen LogP contribution in [0.25, 0.3) is 0 Å². The van der Waals surface area contributed by atoms with Gasteiger partial charge in [0.1, 0.15) is 0 Å². The molecule has 0 saturated heterocycles. The Morgan fingerprint density at radius 2 is 1.83 bits per heavy atom. The first-order chi connectivity index (χ1) is 8.58. The number of benzene rings is 2. The maximum Gasteiger partial charge on any atom is 0.344 e. The van der Waals surface area contributed by atoms with E-state index < -0.39 is 5.97 Å². The van der Waals surface area contributed by atoms with Crippen LogP contribution < -0.4 is 4.74 Å². The Labute approximate surface area is 123 Å². The fourth-order valence-electron chi connectivity index (χ4n) is 1.34. The molecule has 0 aliphatic rings. The second-order valence-corrected chi connectivity index (χ2v) is 5.14. The highest BCUT2D eigenvalue weighted by Crippen LogP contribution is 2.29. The van der Waals surface area contributed by atoms with Gasteiger partial charge in [-0.3, -0.25) is 0 Å². The Bertz CT molecular complexity index is 599. The molecule has 0 bridgehead atoms. The Hall–Kier alpha value is -1.03. The van der Waals surface area contributed by atoms with Crippen LogP contribution in [0.15, 0.2) is 46.9 Å². The van der Waals surface area contributed by atoms with Gasteiger partial charge < -0.3 is 4.74 Å². The lowest BCUT2D eigenvalue weighted by atomic mass is 10.2. The summed E-state index contributed by atoms with van der Waals surface area (Å²) in [5, 5.41) is 0.786. The summed E-state index contributed by atoms with van der Waals surface area (Å²) in [5.41, 5.74) is 0.425. The predicted molar refractivity (Wildman–Crippen MR) is 75.6 cm³/mol. The van der Waals surface area contributed by atoms with Crippen molar-refractivity contribution in [3.05, 3.63) is 62.5 Å². The van der Waals surface area contributed by atoms with E-state index >= 15 is 0 Å². The van der Waals surface area contributed by atoms with Crippen LogP contribution in [0.3, 0.4) is 0 Å². The van der Waals surface area contributed by atoms with E-state index in [9.17, 15) is 4.79 Å². The van der Waals surface area contributed by atoms with Gasteiger partial charge in [-0.15, -0.1) is 0 Å². The van der Waals surface area contributed by atoms with Crippen molar-refractivity contribution in [2.45, 2.75) is 0 Å². The van der Waals surface area contributed by atoms with Crippen LogP contribution in [-0.2, 0) is 0 Å². The van der Waals surface area contributed by atoms with E-state index in [1.807, 2.05) is 6.07 Å². The molecule has 0 fully saturated rings. The summed E-state index contributed by atoms with van der Waals surface area (Å²) in [6, 6.07) is 11.7. The monoisotopic (exact) mass is 344 g/mol. The molecular weight excluding hydrogens is 339 g/mol. The largest absolute Gasteiger partial charge is 0.421 e. The third kappa shape index (κ3) is 3.05. The van der Waals surface area contributed by atoms with E-state index in [2.05, 4.69) is 15.9 Å². The summed E-state index contributed by atoms with van der Waals surface area (Å²) in [4.78, 5) is 11.9. The number of hydrogen-bond donors (Lipinski definition) is 0. The number of ether oxygens (including phenoxy) is 1. The van der Waals surface area contributed by atoms with Gasteiger partial charge in [-0.05, 0) is 40.2 Å². The van der Waals surface area contributed by atoms with Gasteiger partial charge in [-0.1, -0.05) is 35.3 Å². The zero-order valence-electron chi connectivity index (χ0n) is 8.99. The van der Waals surface area contributed by atoms with Crippen molar-refractivity contribution in [1.29, 1.82) is 0 Å². The molecule has 0 amide bonds. The highest BCUT2D eigenvalue weighted by atomic mass is 79.9. The zero-order chi connectivity index (χ0) is 13.1. The number of carbonyl (C=O) groups excluding carboxylic acids is 1. The lowest BCUT2D eigenvalue weighted by Gasteiger charge is -2.07. The second-order valence-electron chi connectivity index (χ2n) is 3.44. The van der Waals surface area contributed by atoms with Crippen LogP contribution in [0, 0.1) is 0 Å². The highest BCUT2D eigenvalue weighted by Gasteiger charge is 2.13. The SMILES string of the molecule is O=C(Oc1cc(Cl)ccc1Cl)c1ccccc1Br. The summed E-state index contributed by atoms with van der Waals surface area (Å²) in [7, 11) is 0. The molecule has 0 aromatic heterocycles. The minimum Gasteiger partial charge on any atom is -0.421 e. The molecule has 0 aliphatic carbocycles.